The predicted molar refractivity (Wildman–Crippen MR) is 112 cm³/mol. The van der Waals surface area contributed by atoms with E-state index in [9.17, 15) is 9.59 Å². The van der Waals surface area contributed by atoms with E-state index in [0.717, 1.165) is 29.7 Å². The first-order valence-electron chi connectivity index (χ1n) is 9.85. The zero-order valence-corrected chi connectivity index (χ0v) is 17.3. The van der Waals surface area contributed by atoms with Gasteiger partial charge in [-0.3, -0.25) is 4.79 Å². The SMILES string of the molecule is CCOC(=O)c1c(-c2ccc(OC)cc2)csc1NC(=O)CC1CCCCC1. The number of hydrogen-bond acceptors (Lipinski definition) is 5. The molecule has 0 unspecified atom stereocenters. The van der Waals surface area contributed by atoms with Gasteiger partial charge in [0.1, 0.15) is 16.3 Å². The first kappa shape index (κ1) is 20.4. The van der Waals surface area contributed by atoms with Crippen LogP contribution in [0.1, 0.15) is 55.8 Å². The van der Waals surface area contributed by atoms with Crippen LogP contribution in [0.25, 0.3) is 11.1 Å². The van der Waals surface area contributed by atoms with Crippen molar-refractivity contribution >= 4 is 28.2 Å². The van der Waals surface area contributed by atoms with Gasteiger partial charge >= 0.3 is 5.97 Å². The summed E-state index contributed by atoms with van der Waals surface area (Å²) >= 11 is 1.36. The van der Waals surface area contributed by atoms with E-state index in [4.69, 9.17) is 9.47 Å². The zero-order valence-electron chi connectivity index (χ0n) is 16.5. The summed E-state index contributed by atoms with van der Waals surface area (Å²) in [5.41, 5.74) is 2.07. The van der Waals surface area contributed by atoms with E-state index in [1.807, 2.05) is 29.6 Å². The van der Waals surface area contributed by atoms with Gasteiger partial charge in [-0.1, -0.05) is 31.4 Å². The van der Waals surface area contributed by atoms with Crippen molar-refractivity contribution in [2.45, 2.75) is 45.4 Å². The van der Waals surface area contributed by atoms with Gasteiger partial charge in [-0.25, -0.2) is 4.79 Å². The van der Waals surface area contributed by atoms with Crippen molar-refractivity contribution < 1.29 is 19.1 Å². The van der Waals surface area contributed by atoms with Gasteiger partial charge in [-0.2, -0.15) is 0 Å². The number of methoxy groups -OCH3 is 1. The number of nitrogens with one attached hydrogen (secondary N) is 1. The molecule has 2 aromatic rings. The Balaban J connectivity index is 1.82. The Bertz CT molecular complexity index is 806. The second kappa shape index (κ2) is 9.73. The number of benzene rings is 1. The third-order valence-electron chi connectivity index (χ3n) is 5.12. The maximum atomic E-state index is 12.6. The summed E-state index contributed by atoms with van der Waals surface area (Å²) < 4.78 is 10.5. The van der Waals surface area contributed by atoms with Crippen LogP contribution in [-0.2, 0) is 9.53 Å². The van der Waals surface area contributed by atoms with Crippen LogP contribution in [0.3, 0.4) is 0 Å². The second-order valence-electron chi connectivity index (χ2n) is 7.06. The molecule has 1 aromatic heterocycles. The number of rotatable bonds is 7. The van der Waals surface area contributed by atoms with Gasteiger partial charge in [-0.05, 0) is 43.4 Å². The van der Waals surface area contributed by atoms with Crippen LogP contribution in [-0.4, -0.2) is 25.6 Å². The minimum absolute atomic E-state index is 0.0272. The lowest BCUT2D eigenvalue weighted by molar-refractivity contribution is -0.117. The molecule has 0 aliphatic heterocycles. The quantitative estimate of drug-likeness (QED) is 0.621. The average molecular weight is 402 g/mol. The molecule has 0 spiro atoms. The molecule has 1 heterocycles. The van der Waals surface area contributed by atoms with Crippen molar-refractivity contribution in [1.29, 1.82) is 0 Å². The van der Waals surface area contributed by atoms with Gasteiger partial charge < -0.3 is 14.8 Å². The van der Waals surface area contributed by atoms with Crippen molar-refractivity contribution in [1.82, 2.24) is 0 Å². The topological polar surface area (TPSA) is 64.6 Å². The lowest BCUT2D eigenvalue weighted by atomic mass is 9.87. The van der Waals surface area contributed by atoms with E-state index in [2.05, 4.69) is 5.32 Å². The number of anilines is 1. The van der Waals surface area contributed by atoms with Crippen LogP contribution >= 0.6 is 11.3 Å². The molecule has 5 nitrogen and oxygen atoms in total. The highest BCUT2D eigenvalue weighted by atomic mass is 32.1. The van der Waals surface area contributed by atoms with Crippen molar-refractivity contribution in [2.75, 3.05) is 19.0 Å². The van der Waals surface area contributed by atoms with Crippen molar-refractivity contribution in [2.24, 2.45) is 5.92 Å². The van der Waals surface area contributed by atoms with Crippen LogP contribution in [0.4, 0.5) is 5.00 Å². The number of carbonyl (C=O) groups excluding carboxylic acids is 2. The summed E-state index contributed by atoms with van der Waals surface area (Å²) in [7, 11) is 1.61. The summed E-state index contributed by atoms with van der Waals surface area (Å²) in [4.78, 5) is 25.2. The highest BCUT2D eigenvalue weighted by molar-refractivity contribution is 7.15. The highest BCUT2D eigenvalue weighted by Crippen LogP contribution is 2.37. The number of amides is 1. The van der Waals surface area contributed by atoms with Gasteiger partial charge in [0.2, 0.25) is 5.91 Å². The van der Waals surface area contributed by atoms with E-state index in [-0.39, 0.29) is 12.5 Å². The summed E-state index contributed by atoms with van der Waals surface area (Å²) in [6, 6.07) is 7.50. The molecule has 1 aliphatic rings. The normalized spacial score (nSPS) is 14.5. The fourth-order valence-corrected chi connectivity index (χ4v) is 4.64. The number of thiophene rings is 1. The largest absolute Gasteiger partial charge is 0.497 e. The maximum absolute atomic E-state index is 12.6. The van der Waals surface area contributed by atoms with Gasteiger partial charge in [0.25, 0.3) is 0 Å². The number of esters is 1. The first-order chi connectivity index (χ1) is 13.6. The van der Waals surface area contributed by atoms with Crippen molar-refractivity contribution in [3.05, 3.63) is 35.2 Å². The van der Waals surface area contributed by atoms with Crippen LogP contribution in [0.2, 0.25) is 0 Å². The molecule has 0 saturated heterocycles. The smallest absolute Gasteiger partial charge is 0.341 e. The highest BCUT2D eigenvalue weighted by Gasteiger charge is 2.24. The minimum Gasteiger partial charge on any atom is -0.497 e. The fraction of sp³-hybridized carbons (Fsp3) is 0.455. The molecular weight excluding hydrogens is 374 g/mol. The molecule has 3 rings (SSSR count). The lowest BCUT2D eigenvalue weighted by Gasteiger charge is -2.20. The third kappa shape index (κ3) is 4.93. The fourth-order valence-electron chi connectivity index (χ4n) is 3.67. The summed E-state index contributed by atoms with van der Waals surface area (Å²) in [5, 5.41) is 5.42. The van der Waals surface area contributed by atoms with Crippen LogP contribution in [0, 0.1) is 5.92 Å². The number of ether oxygens (including phenoxy) is 2. The van der Waals surface area contributed by atoms with E-state index in [1.165, 1.54) is 30.6 Å². The van der Waals surface area contributed by atoms with E-state index in [0.29, 0.717) is 22.9 Å². The van der Waals surface area contributed by atoms with Gasteiger partial charge in [0, 0.05) is 17.4 Å². The van der Waals surface area contributed by atoms with Gasteiger partial charge in [0.15, 0.2) is 0 Å². The summed E-state index contributed by atoms with van der Waals surface area (Å²) in [6.45, 7) is 2.06. The van der Waals surface area contributed by atoms with Gasteiger partial charge in [-0.15, -0.1) is 11.3 Å². The number of hydrogen-bond donors (Lipinski definition) is 1. The molecule has 1 amide bonds. The van der Waals surface area contributed by atoms with Crippen molar-refractivity contribution in [3.8, 4) is 16.9 Å². The third-order valence-corrected chi connectivity index (χ3v) is 6.02. The molecular formula is C22H27NO4S. The molecule has 150 valence electrons. The molecule has 1 aliphatic carbocycles. The molecule has 0 bridgehead atoms. The standard InChI is InChI=1S/C22H27NO4S/c1-3-27-22(25)20-18(16-9-11-17(26-2)12-10-16)14-28-21(20)23-19(24)13-15-7-5-4-6-8-15/h9-12,14-15H,3-8,13H2,1-2H3,(H,23,24). The molecule has 1 aromatic carbocycles. The minimum atomic E-state index is -0.414. The van der Waals surface area contributed by atoms with Crippen LogP contribution in [0.5, 0.6) is 5.75 Å². The van der Waals surface area contributed by atoms with Gasteiger partial charge in [0.05, 0.1) is 13.7 Å². The molecule has 0 radical (unpaired) electrons. The Morgan fingerprint density at radius 1 is 1.14 bits per heavy atom. The molecule has 1 saturated carbocycles. The Morgan fingerprint density at radius 3 is 2.50 bits per heavy atom. The number of carbonyl (C=O) groups is 2. The Morgan fingerprint density at radius 2 is 1.86 bits per heavy atom. The van der Waals surface area contributed by atoms with E-state index >= 15 is 0 Å². The van der Waals surface area contributed by atoms with E-state index in [1.54, 1.807) is 14.0 Å². The zero-order chi connectivity index (χ0) is 19.9. The predicted octanol–water partition coefficient (Wildman–Crippen LogP) is 5.51. The Kier molecular flexibility index (Phi) is 7.09. The van der Waals surface area contributed by atoms with Crippen LogP contribution in [0.15, 0.2) is 29.6 Å². The molecule has 1 fully saturated rings. The average Bonchev–Trinajstić information content (AvgIpc) is 3.12. The Labute approximate surface area is 170 Å². The Hall–Kier alpha value is -2.34. The second-order valence-corrected chi connectivity index (χ2v) is 7.94. The maximum Gasteiger partial charge on any atom is 0.341 e. The monoisotopic (exact) mass is 401 g/mol. The lowest BCUT2D eigenvalue weighted by Crippen LogP contribution is -2.19. The molecule has 6 heteroatoms. The molecule has 28 heavy (non-hydrogen) atoms. The summed E-state index contributed by atoms with van der Waals surface area (Å²) in [6.07, 6.45) is 6.40. The van der Waals surface area contributed by atoms with Crippen molar-refractivity contribution in [3.63, 3.8) is 0 Å². The van der Waals surface area contributed by atoms with E-state index < -0.39 is 5.97 Å². The summed E-state index contributed by atoms with van der Waals surface area (Å²) in [5.74, 6) is 0.751. The first-order valence-corrected chi connectivity index (χ1v) is 10.7. The van der Waals surface area contributed by atoms with Crippen LogP contribution < -0.4 is 10.1 Å². The molecule has 1 N–H and O–H groups in total. The molecule has 0 atom stereocenters.